The predicted octanol–water partition coefficient (Wildman–Crippen LogP) is 4.87. The van der Waals surface area contributed by atoms with Crippen LogP contribution in [0.5, 0.6) is 23.0 Å². The van der Waals surface area contributed by atoms with Gasteiger partial charge in [-0.2, -0.15) is 0 Å². The Hall–Kier alpha value is -3.93. The Balaban J connectivity index is 1.53. The molecule has 6 nitrogen and oxygen atoms in total. The fraction of sp³-hybridized carbons (Fsp3) is 0.0870. The van der Waals surface area contributed by atoms with Gasteiger partial charge in [0.05, 0.1) is 11.4 Å². The van der Waals surface area contributed by atoms with E-state index in [1.807, 2.05) is 66.7 Å². The van der Waals surface area contributed by atoms with Crippen molar-refractivity contribution >= 4 is 0 Å². The van der Waals surface area contributed by atoms with Gasteiger partial charge in [0.1, 0.15) is 5.82 Å². The molecule has 0 bridgehead atoms. The number of benzene rings is 3. The standard InChI is InChI=1S/C23H16N2O4/c1-2-4-14(5-3-1)23-24-21(15-6-8-17-19(10-15)28-12-26-17)22(25-23)16-7-9-18-20(11-16)29-13-27-18/h1-11H,12-13H2,(H,24,25). The summed E-state index contributed by atoms with van der Waals surface area (Å²) in [5, 5.41) is 0. The first kappa shape index (κ1) is 16.1. The largest absolute Gasteiger partial charge is 0.454 e. The van der Waals surface area contributed by atoms with E-state index in [4.69, 9.17) is 23.9 Å². The molecule has 0 atom stereocenters. The van der Waals surface area contributed by atoms with Gasteiger partial charge in [0.2, 0.25) is 13.6 Å². The lowest BCUT2D eigenvalue weighted by Gasteiger charge is -2.05. The molecule has 0 amide bonds. The summed E-state index contributed by atoms with van der Waals surface area (Å²) >= 11 is 0. The van der Waals surface area contributed by atoms with Gasteiger partial charge in [-0.3, -0.25) is 0 Å². The Bertz CT molecular complexity index is 1140. The maximum atomic E-state index is 5.57. The Labute approximate surface area is 166 Å². The van der Waals surface area contributed by atoms with Crippen LogP contribution in [0.25, 0.3) is 33.9 Å². The van der Waals surface area contributed by atoms with Gasteiger partial charge in [-0.05, 0) is 36.4 Å². The van der Waals surface area contributed by atoms with Crippen LogP contribution in [0, 0.1) is 0 Å². The molecule has 0 unspecified atom stereocenters. The summed E-state index contributed by atoms with van der Waals surface area (Å²) in [6.07, 6.45) is 0. The zero-order valence-electron chi connectivity index (χ0n) is 15.3. The average Bonchev–Trinajstić information content (AvgIpc) is 3.52. The fourth-order valence-electron chi connectivity index (χ4n) is 3.62. The van der Waals surface area contributed by atoms with Crippen molar-refractivity contribution in [1.82, 2.24) is 9.97 Å². The van der Waals surface area contributed by atoms with E-state index in [0.717, 1.165) is 56.9 Å². The maximum absolute atomic E-state index is 5.57. The third kappa shape index (κ3) is 2.69. The molecule has 2 aliphatic rings. The molecule has 3 heterocycles. The van der Waals surface area contributed by atoms with Crippen LogP contribution in [0.2, 0.25) is 0 Å². The maximum Gasteiger partial charge on any atom is 0.231 e. The van der Waals surface area contributed by atoms with E-state index in [9.17, 15) is 0 Å². The Morgan fingerprint density at radius 1 is 0.621 bits per heavy atom. The lowest BCUT2D eigenvalue weighted by molar-refractivity contribution is 0.173. The summed E-state index contributed by atoms with van der Waals surface area (Å²) in [6.45, 7) is 0.482. The van der Waals surface area contributed by atoms with Gasteiger partial charge in [0.25, 0.3) is 0 Å². The molecule has 29 heavy (non-hydrogen) atoms. The highest BCUT2D eigenvalue weighted by molar-refractivity contribution is 5.83. The zero-order valence-corrected chi connectivity index (χ0v) is 15.3. The average molecular weight is 384 g/mol. The number of nitrogens with zero attached hydrogens (tertiary/aromatic N) is 1. The van der Waals surface area contributed by atoms with Crippen LogP contribution in [-0.4, -0.2) is 23.6 Å². The number of aromatic amines is 1. The number of rotatable bonds is 3. The van der Waals surface area contributed by atoms with Crippen LogP contribution in [-0.2, 0) is 0 Å². The van der Waals surface area contributed by atoms with Crippen molar-refractivity contribution in [1.29, 1.82) is 0 Å². The van der Waals surface area contributed by atoms with Crippen molar-refractivity contribution in [3.05, 3.63) is 66.7 Å². The Kier molecular flexibility index (Phi) is 3.49. The van der Waals surface area contributed by atoms with Gasteiger partial charge in [0, 0.05) is 16.7 Å². The quantitative estimate of drug-likeness (QED) is 0.546. The molecule has 142 valence electrons. The van der Waals surface area contributed by atoms with E-state index in [1.54, 1.807) is 0 Å². The van der Waals surface area contributed by atoms with Crippen molar-refractivity contribution in [2.45, 2.75) is 0 Å². The number of hydrogen-bond acceptors (Lipinski definition) is 5. The molecule has 0 saturated heterocycles. The van der Waals surface area contributed by atoms with Crippen LogP contribution in [0.3, 0.4) is 0 Å². The first-order chi connectivity index (χ1) is 14.3. The number of H-pyrrole nitrogens is 1. The molecular weight excluding hydrogens is 368 g/mol. The van der Waals surface area contributed by atoms with Gasteiger partial charge in [0.15, 0.2) is 23.0 Å². The molecule has 0 fully saturated rings. The third-order valence-electron chi connectivity index (χ3n) is 5.06. The highest BCUT2D eigenvalue weighted by Gasteiger charge is 2.21. The predicted molar refractivity (Wildman–Crippen MR) is 107 cm³/mol. The van der Waals surface area contributed by atoms with Crippen LogP contribution in [0.15, 0.2) is 66.7 Å². The molecule has 3 aromatic carbocycles. The van der Waals surface area contributed by atoms with Crippen molar-refractivity contribution in [2.75, 3.05) is 13.6 Å². The molecule has 6 heteroatoms. The number of aromatic nitrogens is 2. The number of fused-ring (bicyclic) bond motifs is 2. The minimum Gasteiger partial charge on any atom is -0.454 e. The third-order valence-corrected chi connectivity index (χ3v) is 5.06. The van der Waals surface area contributed by atoms with Crippen LogP contribution in [0.4, 0.5) is 0 Å². The molecule has 0 radical (unpaired) electrons. The van der Waals surface area contributed by atoms with E-state index in [2.05, 4.69) is 4.98 Å². The second kappa shape index (κ2) is 6.31. The van der Waals surface area contributed by atoms with Crippen LogP contribution >= 0.6 is 0 Å². The van der Waals surface area contributed by atoms with Gasteiger partial charge in [-0.15, -0.1) is 0 Å². The van der Waals surface area contributed by atoms with E-state index in [1.165, 1.54) is 0 Å². The Morgan fingerprint density at radius 3 is 1.97 bits per heavy atom. The SMILES string of the molecule is c1ccc(-c2nc(-c3ccc4c(c3)OCO4)c(-c3ccc4c(c3)OCO4)[nH]2)cc1. The van der Waals surface area contributed by atoms with Gasteiger partial charge < -0.3 is 23.9 Å². The highest BCUT2D eigenvalue weighted by Crippen LogP contribution is 2.41. The zero-order chi connectivity index (χ0) is 19.2. The lowest BCUT2D eigenvalue weighted by atomic mass is 10.0. The summed E-state index contributed by atoms with van der Waals surface area (Å²) < 4.78 is 22.0. The molecule has 6 rings (SSSR count). The molecule has 1 aromatic heterocycles. The first-order valence-electron chi connectivity index (χ1n) is 9.31. The minimum atomic E-state index is 0.240. The van der Waals surface area contributed by atoms with Crippen LogP contribution < -0.4 is 18.9 Å². The molecule has 0 spiro atoms. The number of hydrogen-bond donors (Lipinski definition) is 1. The van der Waals surface area contributed by atoms with Gasteiger partial charge in [-0.25, -0.2) is 4.98 Å². The van der Waals surface area contributed by atoms with Crippen molar-refractivity contribution in [3.8, 4) is 56.9 Å². The van der Waals surface area contributed by atoms with E-state index >= 15 is 0 Å². The lowest BCUT2D eigenvalue weighted by Crippen LogP contribution is -1.93. The molecule has 0 aliphatic carbocycles. The second-order valence-corrected chi connectivity index (χ2v) is 6.81. The fourth-order valence-corrected chi connectivity index (χ4v) is 3.62. The summed E-state index contributed by atoms with van der Waals surface area (Å²) in [4.78, 5) is 8.41. The van der Waals surface area contributed by atoms with Crippen molar-refractivity contribution < 1.29 is 18.9 Å². The molecule has 0 saturated carbocycles. The van der Waals surface area contributed by atoms with Crippen molar-refractivity contribution in [3.63, 3.8) is 0 Å². The highest BCUT2D eigenvalue weighted by atomic mass is 16.7. The molecule has 4 aromatic rings. The number of ether oxygens (including phenoxy) is 4. The van der Waals surface area contributed by atoms with E-state index in [0.29, 0.717) is 0 Å². The van der Waals surface area contributed by atoms with Crippen molar-refractivity contribution in [2.24, 2.45) is 0 Å². The van der Waals surface area contributed by atoms with Gasteiger partial charge in [-0.1, -0.05) is 30.3 Å². The molecular formula is C23H16N2O4. The summed E-state index contributed by atoms with van der Waals surface area (Å²) in [6, 6.07) is 21.8. The minimum absolute atomic E-state index is 0.240. The Morgan fingerprint density at radius 2 is 1.24 bits per heavy atom. The summed E-state index contributed by atoms with van der Waals surface area (Å²) in [5.74, 6) is 3.75. The number of imidazole rings is 1. The first-order valence-corrected chi connectivity index (χ1v) is 9.31. The monoisotopic (exact) mass is 384 g/mol. The van der Waals surface area contributed by atoms with Gasteiger partial charge >= 0.3 is 0 Å². The van der Waals surface area contributed by atoms with E-state index < -0.39 is 0 Å². The normalized spacial score (nSPS) is 13.7. The van der Waals surface area contributed by atoms with E-state index in [-0.39, 0.29) is 13.6 Å². The number of nitrogens with one attached hydrogen (secondary N) is 1. The second-order valence-electron chi connectivity index (χ2n) is 6.81. The van der Waals surface area contributed by atoms with Crippen LogP contribution in [0.1, 0.15) is 0 Å². The summed E-state index contributed by atoms with van der Waals surface area (Å²) in [7, 11) is 0. The molecule has 2 aliphatic heterocycles. The molecule has 1 N–H and O–H groups in total. The summed E-state index contributed by atoms with van der Waals surface area (Å²) in [5.41, 5.74) is 4.67. The topological polar surface area (TPSA) is 65.6 Å². The smallest absolute Gasteiger partial charge is 0.231 e.